The molecule has 1 fully saturated rings. The van der Waals surface area contributed by atoms with Gasteiger partial charge in [0.15, 0.2) is 0 Å². The van der Waals surface area contributed by atoms with E-state index in [0.29, 0.717) is 18.0 Å². The van der Waals surface area contributed by atoms with Crippen LogP contribution in [0.2, 0.25) is 0 Å². The molecule has 4 nitrogen and oxygen atoms in total. The van der Waals surface area contributed by atoms with E-state index in [1.807, 2.05) is 0 Å². The molecule has 0 atom stereocenters. The molecular weight excluding hydrogens is 261 g/mol. The molecule has 0 bridgehead atoms. The molecule has 1 aromatic rings. The molecule has 2 aliphatic rings. The van der Waals surface area contributed by atoms with Gasteiger partial charge in [0.2, 0.25) is 0 Å². The number of aliphatic carboxylic acids is 1. The molecule has 0 unspecified atom stereocenters. The zero-order valence-corrected chi connectivity index (χ0v) is 10.8. The van der Waals surface area contributed by atoms with Gasteiger partial charge in [-0.25, -0.2) is 9.18 Å². The Kier molecular flexibility index (Phi) is 3.04. The van der Waals surface area contributed by atoms with Crippen molar-refractivity contribution in [3.05, 3.63) is 35.7 Å². The fourth-order valence-corrected chi connectivity index (χ4v) is 2.74. The van der Waals surface area contributed by atoms with Gasteiger partial charge in [-0.3, -0.25) is 4.79 Å². The minimum atomic E-state index is -1.20. The van der Waals surface area contributed by atoms with E-state index in [0.717, 1.165) is 25.3 Å². The third kappa shape index (κ3) is 1.99. The third-order valence-corrected chi connectivity index (χ3v) is 3.96. The third-order valence-electron chi connectivity index (χ3n) is 3.96. The summed E-state index contributed by atoms with van der Waals surface area (Å²) in [6.45, 7) is 0.462. The number of amides is 1. The number of carbonyl (C=O) groups excluding carboxylic acids is 1. The van der Waals surface area contributed by atoms with Gasteiger partial charge in [-0.15, -0.1) is 0 Å². The maximum atomic E-state index is 14.0. The summed E-state index contributed by atoms with van der Waals surface area (Å²) >= 11 is 0. The highest BCUT2D eigenvalue weighted by atomic mass is 19.1. The van der Waals surface area contributed by atoms with Crippen LogP contribution >= 0.6 is 0 Å². The van der Waals surface area contributed by atoms with Crippen LogP contribution < -0.4 is 4.90 Å². The fraction of sp³-hybridized carbons (Fsp3) is 0.333. The zero-order chi connectivity index (χ0) is 14.3. The predicted molar refractivity (Wildman–Crippen MR) is 71.7 cm³/mol. The second-order valence-electron chi connectivity index (χ2n) is 5.24. The second-order valence-corrected chi connectivity index (χ2v) is 5.24. The molecular formula is C15H14FNO3. The summed E-state index contributed by atoms with van der Waals surface area (Å²) in [4.78, 5) is 24.6. The van der Waals surface area contributed by atoms with Crippen molar-refractivity contribution in [2.75, 3.05) is 11.4 Å². The Morgan fingerprint density at radius 1 is 1.45 bits per heavy atom. The number of hydrogen-bond acceptors (Lipinski definition) is 2. The molecule has 0 aromatic heterocycles. The number of carbonyl (C=O) groups is 2. The number of para-hydroxylation sites is 1. The molecule has 1 amide bonds. The molecule has 1 aliphatic carbocycles. The van der Waals surface area contributed by atoms with Gasteiger partial charge in [-0.05, 0) is 24.8 Å². The Morgan fingerprint density at radius 3 is 2.80 bits per heavy atom. The van der Waals surface area contributed by atoms with E-state index in [-0.39, 0.29) is 11.3 Å². The van der Waals surface area contributed by atoms with Gasteiger partial charge in [-0.1, -0.05) is 18.6 Å². The molecule has 20 heavy (non-hydrogen) atoms. The topological polar surface area (TPSA) is 57.6 Å². The van der Waals surface area contributed by atoms with Crippen LogP contribution in [0.3, 0.4) is 0 Å². The fourth-order valence-electron chi connectivity index (χ4n) is 2.74. The molecule has 1 aromatic carbocycles. The predicted octanol–water partition coefficient (Wildman–Crippen LogP) is 2.44. The number of fused-ring (bicyclic) bond motifs is 1. The lowest BCUT2D eigenvalue weighted by Gasteiger charge is -2.30. The van der Waals surface area contributed by atoms with Crippen molar-refractivity contribution < 1.29 is 19.1 Å². The second kappa shape index (κ2) is 4.74. The molecule has 5 heteroatoms. The minimum Gasteiger partial charge on any atom is -0.478 e. The SMILES string of the molecule is O=C(O)C=C1C(=O)N(CC2CCC2)c2c(F)cccc21. The largest absolute Gasteiger partial charge is 0.478 e. The van der Waals surface area contributed by atoms with E-state index in [9.17, 15) is 14.0 Å². The van der Waals surface area contributed by atoms with Crippen molar-refractivity contribution in [2.45, 2.75) is 19.3 Å². The average molecular weight is 275 g/mol. The van der Waals surface area contributed by atoms with Crippen molar-refractivity contribution in [1.29, 1.82) is 0 Å². The van der Waals surface area contributed by atoms with Crippen molar-refractivity contribution >= 4 is 23.1 Å². The van der Waals surface area contributed by atoms with E-state index >= 15 is 0 Å². The highest BCUT2D eigenvalue weighted by molar-refractivity contribution is 6.34. The molecule has 1 heterocycles. The molecule has 0 spiro atoms. The number of rotatable bonds is 3. The average Bonchev–Trinajstić information content (AvgIpc) is 2.59. The molecule has 1 N–H and O–H groups in total. The van der Waals surface area contributed by atoms with Gasteiger partial charge >= 0.3 is 5.97 Å². The monoisotopic (exact) mass is 275 g/mol. The van der Waals surface area contributed by atoms with Crippen LogP contribution in [-0.4, -0.2) is 23.5 Å². The van der Waals surface area contributed by atoms with Gasteiger partial charge in [0, 0.05) is 18.2 Å². The number of carboxylic acids is 1. The van der Waals surface area contributed by atoms with E-state index in [1.165, 1.54) is 17.0 Å². The number of nitrogens with zero attached hydrogens (tertiary/aromatic N) is 1. The Labute approximate surface area is 115 Å². The summed E-state index contributed by atoms with van der Waals surface area (Å²) in [5.41, 5.74) is 0.653. The Balaban J connectivity index is 2.05. The lowest BCUT2D eigenvalue weighted by Crippen LogP contribution is -2.35. The summed E-state index contributed by atoms with van der Waals surface area (Å²) in [5.74, 6) is -1.71. The molecule has 0 radical (unpaired) electrons. The number of benzene rings is 1. The first kappa shape index (κ1) is 12.8. The highest BCUT2D eigenvalue weighted by Gasteiger charge is 2.37. The number of hydrogen-bond donors (Lipinski definition) is 1. The summed E-state index contributed by atoms with van der Waals surface area (Å²) < 4.78 is 14.0. The van der Waals surface area contributed by atoms with Crippen molar-refractivity contribution in [1.82, 2.24) is 0 Å². The Morgan fingerprint density at radius 2 is 2.20 bits per heavy atom. The number of halogens is 1. The Bertz CT molecular complexity index is 620. The van der Waals surface area contributed by atoms with Crippen LogP contribution in [0, 0.1) is 11.7 Å². The Hall–Kier alpha value is -2.17. The normalized spacial score (nSPS) is 20.1. The summed E-state index contributed by atoms with van der Waals surface area (Å²) in [7, 11) is 0. The van der Waals surface area contributed by atoms with Gasteiger partial charge in [-0.2, -0.15) is 0 Å². The van der Waals surface area contributed by atoms with E-state index in [4.69, 9.17) is 5.11 Å². The van der Waals surface area contributed by atoms with Crippen molar-refractivity contribution in [3.8, 4) is 0 Å². The summed E-state index contributed by atoms with van der Waals surface area (Å²) in [5, 5.41) is 8.87. The van der Waals surface area contributed by atoms with Crippen LogP contribution in [0.25, 0.3) is 5.57 Å². The summed E-state index contributed by atoms with van der Waals surface area (Å²) in [6, 6.07) is 4.37. The molecule has 0 saturated heterocycles. The quantitative estimate of drug-likeness (QED) is 0.862. The first-order chi connectivity index (χ1) is 9.58. The van der Waals surface area contributed by atoms with E-state index in [2.05, 4.69) is 0 Å². The van der Waals surface area contributed by atoms with Gasteiger partial charge in [0.1, 0.15) is 5.82 Å². The van der Waals surface area contributed by atoms with Gasteiger partial charge in [0.25, 0.3) is 5.91 Å². The standard InChI is InChI=1S/C15H14FNO3/c16-12-6-2-5-10-11(7-13(18)19)15(20)17(14(10)12)8-9-3-1-4-9/h2,5-7,9H,1,3-4,8H2,(H,18,19). The number of anilines is 1. The lowest BCUT2D eigenvalue weighted by atomic mass is 9.85. The highest BCUT2D eigenvalue weighted by Crippen LogP contribution is 2.40. The van der Waals surface area contributed by atoms with Gasteiger partial charge in [0.05, 0.1) is 11.3 Å². The number of carboxylic acid groups (broad SMARTS) is 1. The first-order valence-corrected chi connectivity index (χ1v) is 6.63. The van der Waals surface area contributed by atoms with Gasteiger partial charge < -0.3 is 10.0 Å². The van der Waals surface area contributed by atoms with E-state index in [1.54, 1.807) is 6.07 Å². The molecule has 1 aliphatic heterocycles. The molecule has 1 saturated carbocycles. The molecule has 104 valence electrons. The maximum Gasteiger partial charge on any atom is 0.329 e. The summed E-state index contributed by atoms with van der Waals surface area (Å²) in [6.07, 6.45) is 4.06. The smallest absolute Gasteiger partial charge is 0.329 e. The van der Waals surface area contributed by atoms with Crippen LogP contribution in [0.5, 0.6) is 0 Å². The van der Waals surface area contributed by atoms with Crippen LogP contribution in [0.4, 0.5) is 10.1 Å². The lowest BCUT2D eigenvalue weighted by molar-refractivity contribution is -0.131. The van der Waals surface area contributed by atoms with Crippen LogP contribution in [0.15, 0.2) is 24.3 Å². The van der Waals surface area contributed by atoms with Crippen molar-refractivity contribution in [2.24, 2.45) is 5.92 Å². The molecule has 3 rings (SSSR count). The van der Waals surface area contributed by atoms with Crippen LogP contribution in [-0.2, 0) is 9.59 Å². The van der Waals surface area contributed by atoms with Crippen molar-refractivity contribution in [3.63, 3.8) is 0 Å². The maximum absolute atomic E-state index is 14.0. The zero-order valence-electron chi connectivity index (χ0n) is 10.8. The minimum absolute atomic E-state index is 0.0614. The van der Waals surface area contributed by atoms with E-state index < -0.39 is 17.7 Å². The first-order valence-electron chi connectivity index (χ1n) is 6.63. The van der Waals surface area contributed by atoms with Crippen LogP contribution in [0.1, 0.15) is 24.8 Å².